The summed E-state index contributed by atoms with van der Waals surface area (Å²) in [7, 11) is 0. The van der Waals surface area contributed by atoms with Gasteiger partial charge in [0.05, 0.1) is 17.5 Å². The summed E-state index contributed by atoms with van der Waals surface area (Å²) in [5.74, 6) is -0.345. The van der Waals surface area contributed by atoms with E-state index in [2.05, 4.69) is 5.10 Å². The van der Waals surface area contributed by atoms with Gasteiger partial charge in [0.1, 0.15) is 0 Å². The quantitative estimate of drug-likeness (QED) is 0.810. The molecule has 0 spiro atoms. The third-order valence-electron chi connectivity index (χ3n) is 6.03. The highest BCUT2D eigenvalue weighted by atomic mass is 16.3. The third-order valence-corrected chi connectivity index (χ3v) is 6.03. The second kappa shape index (κ2) is 8.01. The van der Waals surface area contributed by atoms with E-state index in [1.54, 1.807) is 43.0 Å². The molecule has 28 heavy (non-hydrogen) atoms. The number of hydrogen-bond donors (Lipinski definition) is 2. The lowest BCUT2D eigenvalue weighted by Gasteiger charge is -2.34. The minimum Gasteiger partial charge on any atom is -0.393 e. The number of nitrogens with zero attached hydrogens (tertiary/aromatic N) is 3. The zero-order chi connectivity index (χ0) is 20.5. The number of benzene rings is 1. The van der Waals surface area contributed by atoms with Crippen LogP contribution in [0.25, 0.3) is 0 Å². The lowest BCUT2D eigenvalue weighted by molar-refractivity contribution is -0.129. The van der Waals surface area contributed by atoms with E-state index in [0.717, 1.165) is 19.3 Å². The van der Waals surface area contributed by atoms with E-state index < -0.39 is 11.5 Å². The summed E-state index contributed by atoms with van der Waals surface area (Å²) in [6, 6.07) is 6.79. The first-order valence-corrected chi connectivity index (χ1v) is 10.0. The van der Waals surface area contributed by atoms with Crippen molar-refractivity contribution >= 4 is 23.2 Å². The smallest absolute Gasteiger partial charge is 0.285 e. The van der Waals surface area contributed by atoms with Crippen LogP contribution < -0.4 is 5.01 Å². The first kappa shape index (κ1) is 20.5. The highest BCUT2D eigenvalue weighted by molar-refractivity contribution is 6.21. The van der Waals surface area contributed by atoms with Gasteiger partial charge in [-0.15, -0.1) is 0 Å². The number of rotatable bonds is 5. The molecule has 0 saturated carbocycles. The Kier molecular flexibility index (Phi) is 5.86. The number of likely N-dealkylation sites (tertiary alicyclic amines) is 1. The molecule has 3 rings (SSSR count). The lowest BCUT2D eigenvalue weighted by atomic mass is 9.90. The molecule has 2 heterocycles. The number of carbonyl (C=O) groups is 2. The highest BCUT2D eigenvalue weighted by Crippen LogP contribution is 2.30. The van der Waals surface area contributed by atoms with E-state index in [-0.39, 0.29) is 24.3 Å². The Morgan fingerprint density at radius 1 is 1.32 bits per heavy atom. The number of hydrogen-bond acceptors (Lipinski definition) is 5. The van der Waals surface area contributed by atoms with Crippen molar-refractivity contribution in [2.75, 3.05) is 18.1 Å². The van der Waals surface area contributed by atoms with Crippen molar-refractivity contribution in [3.8, 4) is 0 Å². The molecule has 0 radical (unpaired) electrons. The maximum atomic E-state index is 12.9. The molecular formula is C21H29N3O4. The summed E-state index contributed by atoms with van der Waals surface area (Å²) in [5, 5.41) is 25.9. The van der Waals surface area contributed by atoms with Crippen molar-refractivity contribution in [3.63, 3.8) is 0 Å². The second-order valence-electron chi connectivity index (χ2n) is 7.67. The van der Waals surface area contributed by atoms with Crippen LogP contribution in [0.3, 0.4) is 0 Å². The third kappa shape index (κ3) is 3.56. The number of amides is 2. The molecule has 2 N–H and O–H groups in total. The predicted octanol–water partition coefficient (Wildman–Crippen LogP) is 2.17. The number of carbonyl (C=O) groups excluding carboxylic acids is 2. The molecule has 2 aliphatic rings. The van der Waals surface area contributed by atoms with Crippen LogP contribution in [0.15, 0.2) is 29.4 Å². The average Bonchev–Trinajstić information content (AvgIpc) is 2.97. The molecular weight excluding hydrogens is 358 g/mol. The number of piperidine rings is 1. The highest BCUT2D eigenvalue weighted by Gasteiger charge is 2.46. The minimum atomic E-state index is -1.58. The summed E-state index contributed by atoms with van der Waals surface area (Å²) in [6.07, 6.45) is 2.25. The van der Waals surface area contributed by atoms with E-state index in [9.17, 15) is 19.8 Å². The Labute approximate surface area is 165 Å². The van der Waals surface area contributed by atoms with E-state index in [0.29, 0.717) is 30.1 Å². The maximum absolute atomic E-state index is 12.9. The lowest BCUT2D eigenvalue weighted by Crippen LogP contribution is -2.45. The van der Waals surface area contributed by atoms with Gasteiger partial charge < -0.3 is 15.1 Å². The molecule has 2 aliphatic heterocycles. The van der Waals surface area contributed by atoms with Gasteiger partial charge in [0.15, 0.2) is 5.60 Å². The average molecular weight is 387 g/mol. The molecule has 1 aromatic rings. The van der Waals surface area contributed by atoms with Crippen LogP contribution >= 0.6 is 0 Å². The van der Waals surface area contributed by atoms with Crippen molar-refractivity contribution in [1.29, 1.82) is 0 Å². The molecule has 0 unspecified atom stereocenters. The number of anilines is 1. The zero-order valence-electron chi connectivity index (χ0n) is 16.8. The minimum absolute atomic E-state index is 0.0932. The van der Waals surface area contributed by atoms with Crippen molar-refractivity contribution in [3.05, 3.63) is 29.8 Å². The van der Waals surface area contributed by atoms with Gasteiger partial charge in [-0.3, -0.25) is 9.59 Å². The van der Waals surface area contributed by atoms with Gasteiger partial charge in [-0.2, -0.15) is 10.1 Å². The predicted molar refractivity (Wildman–Crippen MR) is 107 cm³/mol. The van der Waals surface area contributed by atoms with Crippen LogP contribution in [0.1, 0.15) is 56.8 Å². The fourth-order valence-corrected chi connectivity index (χ4v) is 3.96. The van der Waals surface area contributed by atoms with Gasteiger partial charge in [0.2, 0.25) is 0 Å². The number of aliphatic hydroxyl groups is 2. The topological polar surface area (TPSA) is 93.4 Å². The van der Waals surface area contributed by atoms with Crippen molar-refractivity contribution < 1.29 is 19.8 Å². The van der Waals surface area contributed by atoms with Gasteiger partial charge in [-0.05, 0) is 56.7 Å². The molecule has 1 fully saturated rings. The Morgan fingerprint density at radius 2 is 2.00 bits per heavy atom. The molecule has 2 atom stereocenters. The fourth-order valence-electron chi connectivity index (χ4n) is 3.96. The molecule has 0 bridgehead atoms. The molecule has 0 aromatic heterocycles. The van der Waals surface area contributed by atoms with Crippen LogP contribution in [0, 0.1) is 5.92 Å². The summed E-state index contributed by atoms with van der Waals surface area (Å²) in [5.41, 5.74) is -0.272. The Morgan fingerprint density at radius 3 is 2.57 bits per heavy atom. The molecule has 2 amide bonds. The van der Waals surface area contributed by atoms with Crippen molar-refractivity contribution in [2.45, 2.75) is 58.2 Å². The zero-order valence-corrected chi connectivity index (χ0v) is 16.8. The molecule has 0 aliphatic carbocycles. The Balaban J connectivity index is 1.74. The largest absolute Gasteiger partial charge is 0.393 e. The first-order chi connectivity index (χ1) is 13.3. The normalized spacial score (nSPS) is 24.5. The summed E-state index contributed by atoms with van der Waals surface area (Å²) in [6.45, 7) is 6.56. The van der Waals surface area contributed by atoms with Crippen LogP contribution in [-0.2, 0) is 4.79 Å². The fraction of sp³-hybridized carbons (Fsp3) is 0.571. The van der Waals surface area contributed by atoms with E-state index in [4.69, 9.17) is 0 Å². The number of hydrazone groups is 1. The van der Waals surface area contributed by atoms with Crippen LogP contribution in [-0.4, -0.2) is 57.4 Å². The van der Waals surface area contributed by atoms with Crippen LogP contribution in [0.5, 0.6) is 0 Å². The van der Waals surface area contributed by atoms with Gasteiger partial charge in [0, 0.05) is 18.7 Å². The van der Waals surface area contributed by atoms with Gasteiger partial charge in [-0.1, -0.05) is 19.9 Å². The van der Waals surface area contributed by atoms with E-state index in [1.165, 1.54) is 5.01 Å². The van der Waals surface area contributed by atoms with Gasteiger partial charge in [-0.25, -0.2) is 0 Å². The Hall–Kier alpha value is -2.25. The number of aliphatic hydroxyl groups excluding tert-OH is 1. The summed E-state index contributed by atoms with van der Waals surface area (Å²) >= 11 is 0. The molecule has 1 aromatic carbocycles. The van der Waals surface area contributed by atoms with Crippen LogP contribution in [0.2, 0.25) is 0 Å². The van der Waals surface area contributed by atoms with Crippen molar-refractivity contribution in [1.82, 2.24) is 4.90 Å². The summed E-state index contributed by atoms with van der Waals surface area (Å²) < 4.78 is 0. The second-order valence-corrected chi connectivity index (χ2v) is 7.67. The monoisotopic (exact) mass is 387 g/mol. The molecule has 152 valence electrons. The van der Waals surface area contributed by atoms with E-state index >= 15 is 0 Å². The maximum Gasteiger partial charge on any atom is 0.285 e. The molecule has 7 nitrogen and oxygen atoms in total. The SMILES string of the molecule is CC[C@H](O)C1CCN(C(=O)c2cccc(N3N=C(C)[C@@](O)(CC)C3=O)c2)CC1. The standard InChI is InChI=1S/C21H29N3O4/c1-4-18(25)15-9-11-23(12-10-15)19(26)16-7-6-8-17(13-16)24-20(27)21(28,5-2)14(3)22-24/h6-8,13,15,18,25,28H,4-5,9-12H2,1-3H3/t18-,21-/m0/s1. The molecule has 1 saturated heterocycles. The van der Waals surface area contributed by atoms with Gasteiger partial charge >= 0.3 is 0 Å². The van der Waals surface area contributed by atoms with Crippen LogP contribution in [0.4, 0.5) is 5.69 Å². The Bertz CT molecular complexity index is 786. The molecule has 7 heteroatoms. The first-order valence-electron chi connectivity index (χ1n) is 10.0. The van der Waals surface area contributed by atoms with E-state index in [1.807, 2.05) is 6.92 Å². The summed E-state index contributed by atoms with van der Waals surface area (Å²) in [4.78, 5) is 27.3. The van der Waals surface area contributed by atoms with Crippen molar-refractivity contribution in [2.24, 2.45) is 11.0 Å². The van der Waals surface area contributed by atoms with Gasteiger partial charge in [0.25, 0.3) is 11.8 Å².